The summed E-state index contributed by atoms with van der Waals surface area (Å²) in [5.74, 6) is 0. The fourth-order valence-electron chi connectivity index (χ4n) is 5.71. The molecule has 0 radical (unpaired) electrons. The third-order valence-electron chi connectivity index (χ3n) is 7.54. The summed E-state index contributed by atoms with van der Waals surface area (Å²) >= 11 is 0. The summed E-state index contributed by atoms with van der Waals surface area (Å²) in [7, 11) is 0. The third-order valence-corrected chi connectivity index (χ3v) is 7.54. The van der Waals surface area contributed by atoms with Gasteiger partial charge in [0.2, 0.25) is 0 Å². The van der Waals surface area contributed by atoms with E-state index in [2.05, 4.69) is 137 Å². The number of aryl methyl sites for hydroxylation is 1. The summed E-state index contributed by atoms with van der Waals surface area (Å²) in [6, 6.07) is 45.9. The van der Waals surface area contributed by atoms with Crippen LogP contribution in [0, 0.1) is 6.92 Å². The van der Waals surface area contributed by atoms with Crippen LogP contribution in [-0.4, -0.2) is 9.97 Å². The highest BCUT2D eigenvalue weighted by Crippen LogP contribution is 2.44. The SMILES string of the molecule is Cc1cncnc1-c1ccc(-c2ccc3c(-c4ccccc4)c4ccccc4c(-c4ccccc4)c3c2)cc1. The molecule has 39 heavy (non-hydrogen) atoms. The molecule has 0 aliphatic rings. The second-order valence-corrected chi connectivity index (χ2v) is 9.92. The zero-order valence-electron chi connectivity index (χ0n) is 21.7. The van der Waals surface area contributed by atoms with Gasteiger partial charge in [-0.1, -0.05) is 121 Å². The van der Waals surface area contributed by atoms with E-state index in [0.29, 0.717) is 0 Å². The van der Waals surface area contributed by atoms with Gasteiger partial charge in [-0.3, -0.25) is 0 Å². The van der Waals surface area contributed by atoms with Crippen LogP contribution in [-0.2, 0) is 0 Å². The van der Waals surface area contributed by atoms with Gasteiger partial charge in [-0.25, -0.2) is 9.97 Å². The number of hydrogen-bond donors (Lipinski definition) is 0. The van der Waals surface area contributed by atoms with Gasteiger partial charge >= 0.3 is 0 Å². The number of benzene rings is 6. The van der Waals surface area contributed by atoms with E-state index in [0.717, 1.165) is 16.8 Å². The quantitative estimate of drug-likeness (QED) is 0.226. The van der Waals surface area contributed by atoms with Crippen LogP contribution in [0.1, 0.15) is 5.56 Å². The molecule has 0 aliphatic heterocycles. The van der Waals surface area contributed by atoms with Crippen LogP contribution in [0.15, 0.2) is 140 Å². The molecule has 0 saturated heterocycles. The maximum Gasteiger partial charge on any atom is 0.116 e. The van der Waals surface area contributed by atoms with Gasteiger partial charge in [0.1, 0.15) is 6.33 Å². The Labute approximate surface area is 228 Å². The first-order valence-electron chi connectivity index (χ1n) is 13.2. The average Bonchev–Trinajstić information content (AvgIpc) is 3.01. The molecule has 1 heterocycles. The lowest BCUT2D eigenvalue weighted by Crippen LogP contribution is -1.92. The van der Waals surface area contributed by atoms with Gasteiger partial charge in [-0.15, -0.1) is 0 Å². The standard InChI is InChI=1S/C37H26N2/c1-25-23-38-24-39-37(25)29-18-16-26(17-19-29)30-20-21-33-34(22-30)36(28-12-6-3-7-13-28)32-15-9-8-14-31(32)35(33)27-10-4-2-5-11-27/h2-24H,1H3. The zero-order valence-corrected chi connectivity index (χ0v) is 21.7. The molecule has 7 rings (SSSR count). The van der Waals surface area contributed by atoms with Gasteiger partial charge in [0.05, 0.1) is 5.69 Å². The molecule has 0 spiro atoms. The summed E-state index contributed by atoms with van der Waals surface area (Å²) in [6.07, 6.45) is 3.47. The Hall–Kier alpha value is -5.08. The second kappa shape index (κ2) is 9.66. The van der Waals surface area contributed by atoms with Crippen LogP contribution < -0.4 is 0 Å². The molecule has 0 bridgehead atoms. The van der Waals surface area contributed by atoms with Crippen molar-refractivity contribution in [1.29, 1.82) is 0 Å². The number of nitrogens with zero attached hydrogens (tertiary/aromatic N) is 2. The smallest absolute Gasteiger partial charge is 0.116 e. The van der Waals surface area contributed by atoms with Crippen molar-refractivity contribution in [2.24, 2.45) is 0 Å². The molecule has 7 aromatic rings. The minimum atomic E-state index is 0.973. The van der Waals surface area contributed by atoms with Gasteiger partial charge < -0.3 is 0 Å². The van der Waals surface area contributed by atoms with E-state index in [1.54, 1.807) is 6.33 Å². The summed E-state index contributed by atoms with van der Waals surface area (Å²) in [5.41, 5.74) is 10.5. The second-order valence-electron chi connectivity index (χ2n) is 9.92. The molecule has 0 amide bonds. The fourth-order valence-corrected chi connectivity index (χ4v) is 5.71. The molecule has 0 atom stereocenters. The molecule has 1 aromatic heterocycles. The lowest BCUT2D eigenvalue weighted by molar-refractivity contribution is 1.13. The number of hydrogen-bond acceptors (Lipinski definition) is 2. The van der Waals surface area contributed by atoms with Crippen molar-refractivity contribution in [3.8, 4) is 44.6 Å². The topological polar surface area (TPSA) is 25.8 Å². The van der Waals surface area contributed by atoms with Gasteiger partial charge in [0.25, 0.3) is 0 Å². The lowest BCUT2D eigenvalue weighted by atomic mass is 9.85. The van der Waals surface area contributed by atoms with Crippen molar-refractivity contribution >= 4 is 21.5 Å². The maximum atomic E-state index is 4.49. The maximum absolute atomic E-state index is 4.49. The number of aromatic nitrogens is 2. The van der Waals surface area contributed by atoms with Crippen molar-refractivity contribution in [2.75, 3.05) is 0 Å². The van der Waals surface area contributed by atoms with Crippen LogP contribution in [0.25, 0.3) is 66.2 Å². The van der Waals surface area contributed by atoms with E-state index in [1.807, 2.05) is 13.1 Å². The molecular formula is C37H26N2. The molecular weight excluding hydrogens is 472 g/mol. The normalized spacial score (nSPS) is 11.2. The zero-order chi connectivity index (χ0) is 26.2. The van der Waals surface area contributed by atoms with Crippen molar-refractivity contribution in [1.82, 2.24) is 9.97 Å². The first-order valence-corrected chi connectivity index (χ1v) is 13.2. The van der Waals surface area contributed by atoms with E-state index in [9.17, 15) is 0 Å². The Morgan fingerprint density at radius 1 is 0.436 bits per heavy atom. The van der Waals surface area contributed by atoms with Gasteiger partial charge in [0.15, 0.2) is 0 Å². The molecule has 6 aromatic carbocycles. The first-order chi connectivity index (χ1) is 19.3. The van der Waals surface area contributed by atoms with Crippen molar-refractivity contribution in [3.05, 3.63) is 145 Å². The Balaban J connectivity index is 1.49. The monoisotopic (exact) mass is 498 g/mol. The van der Waals surface area contributed by atoms with Crippen LogP contribution in [0.2, 0.25) is 0 Å². The van der Waals surface area contributed by atoms with Crippen molar-refractivity contribution < 1.29 is 0 Å². The van der Waals surface area contributed by atoms with Crippen LogP contribution in [0.3, 0.4) is 0 Å². The summed E-state index contributed by atoms with van der Waals surface area (Å²) in [5, 5.41) is 5.05. The fraction of sp³-hybridized carbons (Fsp3) is 0.0270. The number of rotatable bonds is 4. The van der Waals surface area contributed by atoms with Gasteiger partial charge in [0, 0.05) is 11.8 Å². The minimum absolute atomic E-state index is 0.973. The van der Waals surface area contributed by atoms with Gasteiger partial charge in [-0.05, 0) is 73.5 Å². The molecule has 184 valence electrons. The summed E-state index contributed by atoms with van der Waals surface area (Å²) in [4.78, 5) is 8.63. The van der Waals surface area contributed by atoms with E-state index < -0.39 is 0 Å². The lowest BCUT2D eigenvalue weighted by Gasteiger charge is -2.18. The van der Waals surface area contributed by atoms with Crippen LogP contribution >= 0.6 is 0 Å². The minimum Gasteiger partial charge on any atom is -0.245 e. The Morgan fingerprint density at radius 3 is 1.56 bits per heavy atom. The predicted molar refractivity (Wildman–Crippen MR) is 164 cm³/mol. The molecule has 2 nitrogen and oxygen atoms in total. The van der Waals surface area contributed by atoms with Crippen LogP contribution in [0.4, 0.5) is 0 Å². The highest BCUT2D eigenvalue weighted by molar-refractivity contribution is 6.21. The highest BCUT2D eigenvalue weighted by Gasteiger charge is 2.17. The molecule has 0 unspecified atom stereocenters. The van der Waals surface area contributed by atoms with Gasteiger partial charge in [-0.2, -0.15) is 0 Å². The Bertz CT molecular complexity index is 1940. The van der Waals surface area contributed by atoms with E-state index in [4.69, 9.17) is 0 Å². The predicted octanol–water partition coefficient (Wildman–Crippen LogP) is 9.76. The molecule has 0 fully saturated rings. The van der Waals surface area contributed by atoms with Crippen LogP contribution in [0.5, 0.6) is 0 Å². The van der Waals surface area contributed by atoms with Crippen molar-refractivity contribution in [2.45, 2.75) is 6.92 Å². The molecule has 2 heteroatoms. The average molecular weight is 499 g/mol. The van der Waals surface area contributed by atoms with E-state index in [-0.39, 0.29) is 0 Å². The first kappa shape index (κ1) is 23.1. The molecule has 0 N–H and O–H groups in total. The molecule has 0 saturated carbocycles. The third kappa shape index (κ3) is 4.07. The Kier molecular flexibility index (Phi) is 5.71. The summed E-state index contributed by atoms with van der Waals surface area (Å²) < 4.78 is 0. The summed E-state index contributed by atoms with van der Waals surface area (Å²) in [6.45, 7) is 2.05. The molecule has 0 aliphatic carbocycles. The number of fused-ring (bicyclic) bond motifs is 2. The largest absolute Gasteiger partial charge is 0.245 e. The highest BCUT2D eigenvalue weighted by atomic mass is 14.8. The van der Waals surface area contributed by atoms with Crippen molar-refractivity contribution in [3.63, 3.8) is 0 Å². The Morgan fingerprint density at radius 2 is 0.949 bits per heavy atom. The van der Waals surface area contributed by atoms with E-state index >= 15 is 0 Å². The van der Waals surface area contributed by atoms with E-state index in [1.165, 1.54) is 54.9 Å².